The maximum absolute atomic E-state index is 12.0. The molecule has 0 fully saturated rings. The van der Waals surface area contributed by atoms with Crippen LogP contribution >= 0.6 is 0 Å². The van der Waals surface area contributed by atoms with Crippen LogP contribution in [-0.2, 0) is 4.79 Å². The molecule has 19 heavy (non-hydrogen) atoms. The highest BCUT2D eigenvalue weighted by Crippen LogP contribution is 2.15. The molecule has 0 saturated carbocycles. The number of rotatable bonds is 5. The van der Waals surface area contributed by atoms with Crippen LogP contribution in [0.15, 0.2) is 24.3 Å². The Balaban J connectivity index is 2.84. The molecule has 0 aliphatic carbocycles. The van der Waals surface area contributed by atoms with Crippen molar-refractivity contribution in [3.63, 3.8) is 0 Å². The minimum atomic E-state index is -1.04. The highest BCUT2D eigenvalue weighted by Gasteiger charge is 2.18. The zero-order valence-electron chi connectivity index (χ0n) is 11.5. The fourth-order valence-electron chi connectivity index (χ4n) is 1.53. The van der Waals surface area contributed by atoms with Crippen molar-refractivity contribution in [2.75, 3.05) is 18.0 Å². The van der Waals surface area contributed by atoms with Gasteiger partial charge in [-0.15, -0.1) is 0 Å². The summed E-state index contributed by atoms with van der Waals surface area (Å²) >= 11 is 0. The Morgan fingerprint density at radius 3 is 2.32 bits per heavy atom. The molecule has 1 aromatic carbocycles. The van der Waals surface area contributed by atoms with E-state index in [0.717, 1.165) is 5.56 Å². The number of nitrogens with one attached hydrogen (secondary N) is 1. The first kappa shape index (κ1) is 15.0. The van der Waals surface area contributed by atoms with E-state index in [1.165, 1.54) is 4.90 Å². The summed E-state index contributed by atoms with van der Waals surface area (Å²) in [7, 11) is 0. The summed E-state index contributed by atoms with van der Waals surface area (Å²) in [5.74, 6) is -0.728. The predicted octanol–water partition coefficient (Wildman–Crippen LogP) is 2.25. The minimum Gasteiger partial charge on any atom is -0.480 e. The van der Waals surface area contributed by atoms with Crippen molar-refractivity contribution in [3.05, 3.63) is 29.8 Å². The Morgan fingerprint density at radius 1 is 1.26 bits per heavy atom. The summed E-state index contributed by atoms with van der Waals surface area (Å²) < 4.78 is 0. The number of urea groups is 1. The summed E-state index contributed by atoms with van der Waals surface area (Å²) in [6, 6.07) is 6.79. The second kappa shape index (κ2) is 6.78. The lowest BCUT2D eigenvalue weighted by Gasteiger charge is -2.22. The fraction of sp³-hybridized carbons (Fsp3) is 0.429. The Labute approximate surface area is 113 Å². The molecule has 5 heteroatoms. The Morgan fingerprint density at radius 2 is 1.84 bits per heavy atom. The minimum absolute atomic E-state index is 0.314. The molecule has 1 aromatic rings. The molecular formula is C14H20N2O3. The monoisotopic (exact) mass is 264 g/mol. The van der Waals surface area contributed by atoms with Crippen molar-refractivity contribution >= 4 is 17.7 Å². The van der Waals surface area contributed by atoms with Crippen LogP contribution < -0.4 is 10.2 Å². The van der Waals surface area contributed by atoms with E-state index < -0.39 is 5.97 Å². The van der Waals surface area contributed by atoms with E-state index in [-0.39, 0.29) is 12.6 Å². The van der Waals surface area contributed by atoms with Crippen molar-refractivity contribution in [2.45, 2.75) is 20.8 Å². The topological polar surface area (TPSA) is 69.6 Å². The Bertz CT molecular complexity index is 441. The van der Waals surface area contributed by atoms with Gasteiger partial charge in [-0.2, -0.15) is 0 Å². The highest BCUT2D eigenvalue weighted by molar-refractivity contribution is 5.96. The van der Waals surface area contributed by atoms with Gasteiger partial charge in [0.2, 0.25) is 0 Å². The SMILES string of the molecule is Cc1ccc(N(CC(=O)O)C(=O)NCC(C)C)cc1. The molecule has 1 rings (SSSR count). The van der Waals surface area contributed by atoms with E-state index in [1.54, 1.807) is 12.1 Å². The average molecular weight is 264 g/mol. The van der Waals surface area contributed by atoms with Gasteiger partial charge in [0, 0.05) is 12.2 Å². The van der Waals surface area contributed by atoms with Crippen LogP contribution in [0.4, 0.5) is 10.5 Å². The molecule has 0 aromatic heterocycles. The fourth-order valence-corrected chi connectivity index (χ4v) is 1.53. The molecule has 0 aliphatic heterocycles. The van der Waals surface area contributed by atoms with Crippen LogP contribution in [0.1, 0.15) is 19.4 Å². The molecule has 2 N–H and O–H groups in total. The van der Waals surface area contributed by atoms with E-state index in [0.29, 0.717) is 18.2 Å². The first-order valence-electron chi connectivity index (χ1n) is 6.24. The molecule has 0 radical (unpaired) electrons. The van der Waals surface area contributed by atoms with Gasteiger partial charge in [-0.1, -0.05) is 31.5 Å². The lowest BCUT2D eigenvalue weighted by atomic mass is 10.2. The maximum atomic E-state index is 12.0. The lowest BCUT2D eigenvalue weighted by molar-refractivity contribution is -0.135. The average Bonchev–Trinajstić information content (AvgIpc) is 2.34. The van der Waals surface area contributed by atoms with Gasteiger partial charge in [0.25, 0.3) is 0 Å². The van der Waals surface area contributed by atoms with Gasteiger partial charge in [-0.3, -0.25) is 9.69 Å². The molecule has 0 unspecified atom stereocenters. The third-order valence-electron chi connectivity index (χ3n) is 2.55. The second-order valence-corrected chi connectivity index (χ2v) is 4.90. The maximum Gasteiger partial charge on any atom is 0.323 e. The number of carboxylic acids is 1. The third kappa shape index (κ3) is 4.99. The van der Waals surface area contributed by atoms with Crippen molar-refractivity contribution in [1.29, 1.82) is 0 Å². The van der Waals surface area contributed by atoms with E-state index >= 15 is 0 Å². The lowest BCUT2D eigenvalue weighted by Crippen LogP contribution is -2.44. The van der Waals surface area contributed by atoms with E-state index in [1.807, 2.05) is 32.9 Å². The van der Waals surface area contributed by atoms with Gasteiger partial charge in [0.05, 0.1) is 0 Å². The molecule has 104 valence electrons. The third-order valence-corrected chi connectivity index (χ3v) is 2.55. The summed E-state index contributed by atoms with van der Waals surface area (Å²) in [5, 5.41) is 11.6. The number of nitrogens with zero attached hydrogens (tertiary/aromatic N) is 1. The van der Waals surface area contributed by atoms with Gasteiger partial charge < -0.3 is 10.4 Å². The zero-order valence-corrected chi connectivity index (χ0v) is 11.5. The molecule has 5 nitrogen and oxygen atoms in total. The number of hydrogen-bond donors (Lipinski definition) is 2. The number of aliphatic carboxylic acids is 1. The number of amides is 2. The number of carbonyl (C=O) groups is 2. The van der Waals surface area contributed by atoms with Crippen LogP contribution in [0, 0.1) is 12.8 Å². The van der Waals surface area contributed by atoms with E-state index in [2.05, 4.69) is 5.32 Å². The van der Waals surface area contributed by atoms with Gasteiger partial charge in [0.15, 0.2) is 0 Å². The van der Waals surface area contributed by atoms with E-state index in [4.69, 9.17) is 5.11 Å². The van der Waals surface area contributed by atoms with Gasteiger partial charge in [0.1, 0.15) is 6.54 Å². The van der Waals surface area contributed by atoms with Gasteiger partial charge in [-0.25, -0.2) is 4.79 Å². The normalized spacial score (nSPS) is 10.3. The molecule has 2 amide bonds. The molecule has 0 atom stereocenters. The molecule has 0 saturated heterocycles. The van der Waals surface area contributed by atoms with Gasteiger partial charge in [-0.05, 0) is 25.0 Å². The summed E-state index contributed by atoms with van der Waals surface area (Å²) in [6.45, 7) is 6.05. The quantitative estimate of drug-likeness (QED) is 0.857. The van der Waals surface area contributed by atoms with Crippen molar-refractivity contribution in [1.82, 2.24) is 5.32 Å². The van der Waals surface area contributed by atoms with Crippen molar-refractivity contribution in [2.24, 2.45) is 5.92 Å². The smallest absolute Gasteiger partial charge is 0.323 e. The zero-order chi connectivity index (χ0) is 14.4. The van der Waals surface area contributed by atoms with Crippen molar-refractivity contribution in [3.8, 4) is 0 Å². The van der Waals surface area contributed by atoms with Crippen LogP contribution in [0.25, 0.3) is 0 Å². The van der Waals surface area contributed by atoms with E-state index in [9.17, 15) is 9.59 Å². The predicted molar refractivity (Wildman–Crippen MR) is 74.4 cm³/mol. The number of aryl methyl sites for hydroxylation is 1. The summed E-state index contributed by atoms with van der Waals surface area (Å²) in [4.78, 5) is 24.1. The summed E-state index contributed by atoms with van der Waals surface area (Å²) in [5.41, 5.74) is 1.64. The second-order valence-electron chi connectivity index (χ2n) is 4.90. The summed E-state index contributed by atoms with van der Waals surface area (Å²) in [6.07, 6.45) is 0. The number of carbonyl (C=O) groups excluding carboxylic acids is 1. The first-order chi connectivity index (χ1) is 8.90. The molecular weight excluding hydrogens is 244 g/mol. The number of carboxylic acid groups (broad SMARTS) is 1. The molecule has 0 spiro atoms. The van der Waals surface area contributed by atoms with Crippen LogP contribution in [0.2, 0.25) is 0 Å². The molecule has 0 aliphatic rings. The van der Waals surface area contributed by atoms with Crippen molar-refractivity contribution < 1.29 is 14.7 Å². The van der Waals surface area contributed by atoms with Crippen LogP contribution in [-0.4, -0.2) is 30.2 Å². The first-order valence-corrected chi connectivity index (χ1v) is 6.24. The highest BCUT2D eigenvalue weighted by atomic mass is 16.4. The number of anilines is 1. The van der Waals surface area contributed by atoms with Crippen LogP contribution in [0.3, 0.4) is 0 Å². The number of benzene rings is 1. The largest absolute Gasteiger partial charge is 0.480 e. The van der Waals surface area contributed by atoms with Gasteiger partial charge >= 0.3 is 12.0 Å². The number of hydrogen-bond acceptors (Lipinski definition) is 2. The molecule has 0 bridgehead atoms. The standard InChI is InChI=1S/C14H20N2O3/c1-10(2)8-15-14(19)16(9-13(17)18)12-6-4-11(3)5-7-12/h4-7,10H,8-9H2,1-3H3,(H,15,19)(H,17,18). The molecule has 0 heterocycles. The Hall–Kier alpha value is -2.04. The van der Waals surface area contributed by atoms with Crippen LogP contribution in [0.5, 0.6) is 0 Å². The Kier molecular flexibility index (Phi) is 5.36.